The molecule has 0 radical (unpaired) electrons. The molecule has 2 atom stereocenters. The van der Waals surface area contributed by atoms with Crippen LogP contribution in [0.2, 0.25) is 18.1 Å². The minimum Gasteiger partial charge on any atom is -0.417 e. The van der Waals surface area contributed by atoms with Gasteiger partial charge in [-0.15, -0.1) is 0 Å². The molecule has 0 aliphatic heterocycles. The van der Waals surface area contributed by atoms with Crippen LogP contribution in [0.3, 0.4) is 0 Å². The van der Waals surface area contributed by atoms with E-state index in [1.807, 2.05) is 0 Å². The lowest BCUT2D eigenvalue weighted by Gasteiger charge is -2.36. The molecule has 0 aliphatic rings. The highest BCUT2D eigenvalue weighted by molar-refractivity contribution is 7.86. The Labute approximate surface area is 152 Å². The van der Waals surface area contributed by atoms with Crippen molar-refractivity contribution in [2.75, 3.05) is 12.9 Å². The second kappa shape index (κ2) is 10.3. The summed E-state index contributed by atoms with van der Waals surface area (Å²) >= 11 is 0. The van der Waals surface area contributed by atoms with Crippen LogP contribution in [0.1, 0.15) is 73.1 Å². The van der Waals surface area contributed by atoms with E-state index in [4.69, 9.17) is 8.61 Å². The predicted octanol–water partition coefficient (Wildman–Crippen LogP) is 5.35. The fourth-order valence-electron chi connectivity index (χ4n) is 2.37. The Kier molecular flexibility index (Phi) is 10.3. The van der Waals surface area contributed by atoms with Crippen LogP contribution in [0, 0.1) is 5.92 Å². The zero-order chi connectivity index (χ0) is 19.0. The summed E-state index contributed by atoms with van der Waals surface area (Å²) in [5.41, 5.74) is 0. The second-order valence-corrected chi connectivity index (χ2v) is 15.1. The van der Waals surface area contributed by atoms with Crippen molar-refractivity contribution in [3.63, 3.8) is 0 Å². The Balaban J connectivity index is 4.42. The van der Waals surface area contributed by atoms with Crippen molar-refractivity contribution in [2.45, 2.75) is 97.4 Å². The van der Waals surface area contributed by atoms with Gasteiger partial charge in [0.25, 0.3) is 10.1 Å². The maximum absolute atomic E-state index is 11.5. The highest BCUT2D eigenvalue weighted by Crippen LogP contribution is 2.36. The van der Waals surface area contributed by atoms with Gasteiger partial charge < -0.3 is 4.43 Å². The molecule has 0 rings (SSSR count). The number of hydrogen-bond donors (Lipinski definition) is 0. The van der Waals surface area contributed by atoms with Crippen molar-refractivity contribution < 1.29 is 17.0 Å². The maximum atomic E-state index is 11.5. The van der Waals surface area contributed by atoms with Gasteiger partial charge in [-0.3, -0.25) is 4.18 Å². The van der Waals surface area contributed by atoms with E-state index in [2.05, 4.69) is 47.7 Å². The highest BCUT2D eigenvalue weighted by atomic mass is 32.2. The van der Waals surface area contributed by atoms with Crippen LogP contribution >= 0.6 is 0 Å². The van der Waals surface area contributed by atoms with E-state index in [0.717, 1.165) is 51.4 Å². The fraction of sp³-hybridized carbons (Fsp3) is 1.00. The van der Waals surface area contributed by atoms with E-state index in [-0.39, 0.29) is 11.1 Å². The molecule has 6 heteroatoms. The molecule has 146 valence electrons. The van der Waals surface area contributed by atoms with Crippen molar-refractivity contribution in [3.8, 4) is 0 Å². The third kappa shape index (κ3) is 10.8. The van der Waals surface area contributed by atoms with Gasteiger partial charge in [0.05, 0.1) is 12.4 Å². The molecular formula is C18H40O4SSi. The van der Waals surface area contributed by atoms with Gasteiger partial charge in [-0.05, 0) is 43.3 Å². The van der Waals surface area contributed by atoms with E-state index in [1.54, 1.807) is 0 Å². The zero-order valence-electron chi connectivity index (χ0n) is 17.1. The number of rotatable bonds is 12. The summed E-state index contributed by atoms with van der Waals surface area (Å²) in [6.07, 6.45) is 6.74. The molecule has 4 nitrogen and oxygen atoms in total. The second-order valence-electron chi connectivity index (χ2n) is 8.66. The van der Waals surface area contributed by atoms with E-state index in [0.29, 0.717) is 5.92 Å². The summed E-state index contributed by atoms with van der Waals surface area (Å²) in [4.78, 5) is 0. The Morgan fingerprint density at radius 2 is 1.67 bits per heavy atom. The lowest BCUT2D eigenvalue weighted by molar-refractivity contribution is 0.155. The predicted molar refractivity (Wildman–Crippen MR) is 105 cm³/mol. The average molecular weight is 381 g/mol. The van der Waals surface area contributed by atoms with Crippen molar-refractivity contribution in [2.24, 2.45) is 5.92 Å². The summed E-state index contributed by atoms with van der Waals surface area (Å²) < 4.78 is 34.5. The van der Waals surface area contributed by atoms with Crippen LogP contribution < -0.4 is 0 Å². The molecule has 0 unspecified atom stereocenters. The average Bonchev–Trinajstić information content (AvgIpc) is 2.35. The molecule has 0 amide bonds. The lowest BCUT2D eigenvalue weighted by atomic mass is 9.97. The van der Waals surface area contributed by atoms with E-state index < -0.39 is 18.4 Å². The van der Waals surface area contributed by atoms with Gasteiger partial charge >= 0.3 is 0 Å². The van der Waals surface area contributed by atoms with Gasteiger partial charge in [0.2, 0.25) is 0 Å². The third-order valence-electron chi connectivity index (χ3n) is 4.99. The Morgan fingerprint density at radius 3 is 2.12 bits per heavy atom. The van der Waals surface area contributed by atoms with E-state index in [9.17, 15) is 8.42 Å². The van der Waals surface area contributed by atoms with Gasteiger partial charge in [-0.1, -0.05) is 53.9 Å². The maximum Gasteiger partial charge on any atom is 0.264 e. The van der Waals surface area contributed by atoms with Gasteiger partial charge in [0.15, 0.2) is 8.32 Å². The molecule has 0 spiro atoms. The minimum absolute atomic E-state index is 0.200. The standard InChI is InChI=1S/C18H40O4SSi/c1-9-10-11-12-17(22-23(6,19)20)15-16(2)13-14-21-24(7,8)18(3,4)5/h16-17H,9-15H2,1-8H3/t16-,17-/m1/s1. The van der Waals surface area contributed by atoms with Crippen LogP contribution in [-0.4, -0.2) is 35.7 Å². The topological polar surface area (TPSA) is 52.6 Å². The highest BCUT2D eigenvalue weighted by Gasteiger charge is 2.37. The molecule has 0 aromatic carbocycles. The molecule has 0 bridgehead atoms. The van der Waals surface area contributed by atoms with Crippen LogP contribution in [0.15, 0.2) is 0 Å². The van der Waals surface area contributed by atoms with Crippen molar-refractivity contribution in [1.29, 1.82) is 0 Å². The summed E-state index contributed by atoms with van der Waals surface area (Å²) in [6.45, 7) is 16.3. The first-order chi connectivity index (χ1) is 10.8. The summed E-state index contributed by atoms with van der Waals surface area (Å²) in [7, 11) is -5.10. The normalized spacial score (nSPS) is 16.2. The molecule has 0 aromatic heterocycles. The van der Waals surface area contributed by atoms with Gasteiger partial charge in [0, 0.05) is 6.61 Å². The largest absolute Gasteiger partial charge is 0.417 e. The first kappa shape index (κ1) is 24.1. The Bertz CT molecular complexity index is 440. The minimum atomic E-state index is -3.39. The summed E-state index contributed by atoms with van der Waals surface area (Å²) in [5.74, 6) is 0.392. The Hall–Kier alpha value is 0.0869. The first-order valence-corrected chi connectivity index (χ1v) is 14.0. The van der Waals surface area contributed by atoms with Crippen LogP contribution in [0.5, 0.6) is 0 Å². The first-order valence-electron chi connectivity index (χ1n) is 9.30. The summed E-state index contributed by atoms with van der Waals surface area (Å²) in [5, 5.41) is 0.221. The zero-order valence-corrected chi connectivity index (χ0v) is 19.0. The molecule has 0 heterocycles. The molecule has 24 heavy (non-hydrogen) atoms. The molecular weight excluding hydrogens is 340 g/mol. The van der Waals surface area contributed by atoms with E-state index >= 15 is 0 Å². The molecule has 0 N–H and O–H groups in total. The van der Waals surface area contributed by atoms with Crippen molar-refractivity contribution in [3.05, 3.63) is 0 Å². The van der Waals surface area contributed by atoms with E-state index in [1.165, 1.54) is 0 Å². The molecule has 0 aromatic rings. The molecule has 0 saturated carbocycles. The quantitative estimate of drug-likeness (QED) is 0.260. The van der Waals surface area contributed by atoms with Gasteiger partial charge in [-0.2, -0.15) is 8.42 Å². The molecule has 0 saturated heterocycles. The third-order valence-corrected chi connectivity index (χ3v) is 10.1. The smallest absolute Gasteiger partial charge is 0.264 e. The fourth-order valence-corrected chi connectivity index (χ4v) is 4.10. The molecule has 0 fully saturated rings. The number of hydrogen-bond acceptors (Lipinski definition) is 4. The summed E-state index contributed by atoms with van der Waals surface area (Å²) in [6, 6.07) is 0. The van der Waals surface area contributed by atoms with Gasteiger partial charge in [-0.25, -0.2) is 0 Å². The Morgan fingerprint density at radius 1 is 1.08 bits per heavy atom. The van der Waals surface area contributed by atoms with Crippen molar-refractivity contribution >= 4 is 18.4 Å². The van der Waals surface area contributed by atoms with Crippen LogP contribution in [0.25, 0.3) is 0 Å². The van der Waals surface area contributed by atoms with Crippen molar-refractivity contribution in [1.82, 2.24) is 0 Å². The lowest BCUT2D eigenvalue weighted by Crippen LogP contribution is -2.41. The number of unbranched alkanes of at least 4 members (excludes halogenated alkanes) is 2. The van der Waals surface area contributed by atoms with Crippen LogP contribution in [-0.2, 0) is 18.7 Å². The van der Waals surface area contributed by atoms with Crippen LogP contribution in [0.4, 0.5) is 0 Å². The SMILES string of the molecule is CCCCC[C@H](C[C@H](C)CCO[Si](C)(C)C(C)(C)C)OS(C)(=O)=O. The monoisotopic (exact) mass is 380 g/mol. The van der Waals surface area contributed by atoms with Gasteiger partial charge in [0.1, 0.15) is 0 Å². The molecule has 0 aliphatic carbocycles.